The zero-order chi connectivity index (χ0) is 17.7. The van der Waals surface area contributed by atoms with Crippen LogP contribution in [-0.4, -0.2) is 65.9 Å². The Hall–Kier alpha value is -1.93. The van der Waals surface area contributed by atoms with Gasteiger partial charge < -0.3 is 14.2 Å². The van der Waals surface area contributed by atoms with Crippen molar-refractivity contribution in [3.8, 4) is 0 Å². The van der Waals surface area contributed by atoms with Gasteiger partial charge in [-0.3, -0.25) is 14.4 Å². The summed E-state index contributed by atoms with van der Waals surface area (Å²) in [5.41, 5.74) is 0.356. The number of carbonyl (C=O) groups is 2. The Kier molecular flexibility index (Phi) is 3.97. The molecule has 1 aromatic heterocycles. The first-order chi connectivity index (χ1) is 12.7. The van der Waals surface area contributed by atoms with Crippen molar-refractivity contribution in [2.45, 2.75) is 37.7 Å². The predicted molar refractivity (Wildman–Crippen MR) is 88.0 cm³/mol. The van der Waals surface area contributed by atoms with Crippen LogP contribution in [-0.2, 0) is 14.4 Å². The number of hydrogen-bond acceptors (Lipinski definition) is 6. The number of ether oxygens (including phenoxy) is 1. The van der Waals surface area contributed by atoms with Crippen molar-refractivity contribution < 1.29 is 23.7 Å². The number of aromatic nitrogens is 1. The van der Waals surface area contributed by atoms with Crippen LogP contribution in [0.3, 0.4) is 0 Å². The van der Waals surface area contributed by atoms with Crippen molar-refractivity contribution in [1.82, 2.24) is 15.1 Å². The molecule has 8 heteroatoms. The highest BCUT2D eigenvalue weighted by Crippen LogP contribution is 2.40. The molecule has 1 aliphatic carbocycles. The van der Waals surface area contributed by atoms with Crippen molar-refractivity contribution in [2.24, 2.45) is 11.8 Å². The number of fused-ring (bicyclic) bond motifs is 1. The van der Waals surface area contributed by atoms with E-state index < -0.39 is 0 Å². The van der Waals surface area contributed by atoms with Gasteiger partial charge in [0.15, 0.2) is 5.69 Å². The van der Waals surface area contributed by atoms with Gasteiger partial charge in [0, 0.05) is 37.5 Å². The van der Waals surface area contributed by atoms with E-state index in [0.29, 0.717) is 44.5 Å². The van der Waals surface area contributed by atoms with Crippen molar-refractivity contribution in [3.63, 3.8) is 0 Å². The molecule has 0 unspecified atom stereocenters. The first-order valence-corrected chi connectivity index (χ1v) is 9.52. The minimum atomic E-state index is -0.241. The molecule has 0 spiro atoms. The molecule has 4 fully saturated rings. The SMILES string of the molecule is O=C(c1cc(C2CC2)on1)N1C[C@@H]2[C@H](C1)OC[C@@H]2C(=O)N1CCCCO1. The van der Waals surface area contributed by atoms with Crippen molar-refractivity contribution in [2.75, 3.05) is 32.8 Å². The number of hydroxylamine groups is 2. The van der Waals surface area contributed by atoms with Gasteiger partial charge in [0.05, 0.1) is 25.2 Å². The van der Waals surface area contributed by atoms with Crippen molar-refractivity contribution in [3.05, 3.63) is 17.5 Å². The van der Waals surface area contributed by atoms with Crippen LogP contribution in [0.1, 0.15) is 47.8 Å². The van der Waals surface area contributed by atoms with E-state index in [-0.39, 0.29) is 29.8 Å². The number of hydrogen-bond donors (Lipinski definition) is 0. The van der Waals surface area contributed by atoms with Gasteiger partial charge in [-0.05, 0) is 25.7 Å². The maximum Gasteiger partial charge on any atom is 0.276 e. The minimum Gasteiger partial charge on any atom is -0.375 e. The molecule has 0 N–H and O–H groups in total. The molecular formula is C18H23N3O5. The third-order valence-corrected chi connectivity index (χ3v) is 5.90. The Morgan fingerprint density at radius 3 is 2.85 bits per heavy atom. The summed E-state index contributed by atoms with van der Waals surface area (Å²) in [5, 5.41) is 5.43. The summed E-state index contributed by atoms with van der Waals surface area (Å²) in [5.74, 6) is 0.862. The van der Waals surface area contributed by atoms with Gasteiger partial charge in [-0.2, -0.15) is 0 Å². The average molecular weight is 361 g/mol. The molecule has 3 saturated heterocycles. The van der Waals surface area contributed by atoms with Crippen LogP contribution in [0.25, 0.3) is 0 Å². The van der Waals surface area contributed by atoms with E-state index in [1.165, 1.54) is 5.06 Å². The second-order valence-corrected chi connectivity index (χ2v) is 7.72. The molecule has 140 valence electrons. The Balaban J connectivity index is 1.25. The average Bonchev–Trinajstić information content (AvgIpc) is 3.09. The largest absolute Gasteiger partial charge is 0.375 e. The van der Waals surface area contributed by atoms with Gasteiger partial charge in [0.2, 0.25) is 0 Å². The Labute approximate surface area is 151 Å². The number of amides is 2. The molecule has 26 heavy (non-hydrogen) atoms. The fraction of sp³-hybridized carbons (Fsp3) is 0.722. The summed E-state index contributed by atoms with van der Waals surface area (Å²) in [7, 11) is 0. The predicted octanol–water partition coefficient (Wildman–Crippen LogP) is 1.19. The maximum atomic E-state index is 12.8. The Bertz CT molecular complexity index is 709. The van der Waals surface area contributed by atoms with E-state index in [9.17, 15) is 9.59 Å². The topological polar surface area (TPSA) is 85.1 Å². The molecule has 5 rings (SSSR count). The highest BCUT2D eigenvalue weighted by Gasteiger charge is 2.49. The molecule has 1 aromatic rings. The van der Waals surface area contributed by atoms with E-state index >= 15 is 0 Å². The first-order valence-electron chi connectivity index (χ1n) is 9.52. The molecule has 4 heterocycles. The van der Waals surface area contributed by atoms with Crippen LogP contribution in [0.2, 0.25) is 0 Å². The van der Waals surface area contributed by atoms with Gasteiger partial charge in [-0.1, -0.05) is 5.16 Å². The molecular weight excluding hydrogens is 338 g/mol. The summed E-state index contributed by atoms with van der Waals surface area (Å²) in [6, 6.07) is 1.76. The lowest BCUT2D eigenvalue weighted by atomic mass is 9.92. The van der Waals surface area contributed by atoms with Crippen molar-refractivity contribution >= 4 is 11.8 Å². The summed E-state index contributed by atoms with van der Waals surface area (Å²) >= 11 is 0. The lowest BCUT2D eigenvalue weighted by Gasteiger charge is -2.29. The van der Waals surface area contributed by atoms with Gasteiger partial charge >= 0.3 is 0 Å². The fourth-order valence-corrected chi connectivity index (χ4v) is 4.20. The molecule has 3 aliphatic heterocycles. The summed E-state index contributed by atoms with van der Waals surface area (Å²) in [6.07, 6.45) is 4.07. The normalized spacial score (nSPS) is 31.3. The lowest BCUT2D eigenvalue weighted by Crippen LogP contribution is -2.43. The minimum absolute atomic E-state index is 0.0102. The van der Waals surface area contributed by atoms with E-state index in [1.807, 2.05) is 0 Å². The van der Waals surface area contributed by atoms with Gasteiger partial charge in [0.25, 0.3) is 11.8 Å². The Morgan fingerprint density at radius 1 is 1.19 bits per heavy atom. The fourth-order valence-electron chi connectivity index (χ4n) is 4.20. The highest BCUT2D eigenvalue weighted by molar-refractivity contribution is 5.92. The van der Waals surface area contributed by atoms with Crippen LogP contribution in [0.4, 0.5) is 0 Å². The molecule has 0 radical (unpaired) electrons. The van der Waals surface area contributed by atoms with Crippen LogP contribution < -0.4 is 0 Å². The summed E-state index contributed by atoms with van der Waals surface area (Å²) in [4.78, 5) is 32.7. The number of likely N-dealkylation sites (tertiary alicyclic amines) is 1. The van der Waals surface area contributed by atoms with E-state index in [2.05, 4.69) is 5.16 Å². The monoisotopic (exact) mass is 361 g/mol. The first kappa shape index (κ1) is 16.3. The third-order valence-electron chi connectivity index (χ3n) is 5.90. The smallest absolute Gasteiger partial charge is 0.276 e. The van der Waals surface area contributed by atoms with Gasteiger partial charge in [0.1, 0.15) is 5.76 Å². The van der Waals surface area contributed by atoms with Crippen LogP contribution in [0, 0.1) is 11.8 Å². The van der Waals surface area contributed by atoms with Gasteiger partial charge in [-0.15, -0.1) is 0 Å². The number of carbonyl (C=O) groups excluding carboxylic acids is 2. The molecule has 0 aromatic carbocycles. The molecule has 4 aliphatic rings. The quantitative estimate of drug-likeness (QED) is 0.804. The van der Waals surface area contributed by atoms with Crippen LogP contribution in [0.15, 0.2) is 10.6 Å². The number of nitrogens with zero attached hydrogens (tertiary/aromatic N) is 3. The Morgan fingerprint density at radius 2 is 2.08 bits per heavy atom. The summed E-state index contributed by atoms with van der Waals surface area (Å²) in [6.45, 7) is 2.65. The van der Waals surface area contributed by atoms with Gasteiger partial charge in [-0.25, -0.2) is 5.06 Å². The number of rotatable bonds is 3. The van der Waals surface area contributed by atoms with E-state index in [0.717, 1.165) is 31.4 Å². The maximum absolute atomic E-state index is 12.8. The van der Waals surface area contributed by atoms with Crippen LogP contribution in [0.5, 0.6) is 0 Å². The molecule has 0 bridgehead atoms. The third kappa shape index (κ3) is 2.81. The molecule has 1 saturated carbocycles. The van der Waals surface area contributed by atoms with E-state index in [4.69, 9.17) is 14.1 Å². The second-order valence-electron chi connectivity index (χ2n) is 7.72. The lowest BCUT2D eigenvalue weighted by molar-refractivity contribution is -0.202. The second kappa shape index (κ2) is 6.35. The zero-order valence-electron chi connectivity index (χ0n) is 14.6. The highest BCUT2D eigenvalue weighted by atomic mass is 16.7. The van der Waals surface area contributed by atoms with Crippen LogP contribution >= 0.6 is 0 Å². The van der Waals surface area contributed by atoms with E-state index in [1.54, 1.807) is 11.0 Å². The summed E-state index contributed by atoms with van der Waals surface area (Å²) < 4.78 is 11.1. The standard InChI is InChI=1S/C18H23N3O5/c22-17(21-5-1-2-6-25-21)13-10-24-16-9-20(8-12(13)16)18(23)14-7-15(26-19-14)11-3-4-11/h7,11-13,16H,1-6,8-10H2/t12-,13-,16-/m0/s1. The van der Waals surface area contributed by atoms with Crippen molar-refractivity contribution in [1.29, 1.82) is 0 Å². The zero-order valence-corrected chi connectivity index (χ0v) is 14.6. The molecule has 2 amide bonds. The molecule has 8 nitrogen and oxygen atoms in total. The molecule has 3 atom stereocenters.